The number of amides is 1. The molecule has 1 saturated heterocycles. The normalized spacial score (nSPS) is 15.8. The molecule has 0 radical (unpaired) electrons. The van der Waals surface area contributed by atoms with E-state index in [1.807, 2.05) is 0 Å². The van der Waals surface area contributed by atoms with Gasteiger partial charge in [-0.05, 0) is 43.2 Å². The molecule has 1 aromatic carbocycles. The number of nitrogens with one attached hydrogen (secondary N) is 1. The summed E-state index contributed by atoms with van der Waals surface area (Å²) in [6.07, 6.45) is 4.33. The standard InChI is InChI=1S/C20H25N3O5S/c1-21-19(24)14-22-10-7-16(8-11-22)28-17-9-12-23(20(25)13-17)15-3-5-18(6-4-15)29(2,26)27/h3-6,9,12-13,16H,7-8,10-11,14H2,1-2H3,(H,21,24). The van der Waals surface area contributed by atoms with E-state index in [1.54, 1.807) is 31.4 Å². The van der Waals surface area contributed by atoms with Crippen LogP contribution in [0.5, 0.6) is 5.75 Å². The number of hydrogen-bond donors (Lipinski definition) is 1. The van der Waals surface area contributed by atoms with E-state index in [4.69, 9.17) is 4.74 Å². The molecule has 0 saturated carbocycles. The van der Waals surface area contributed by atoms with Crippen LogP contribution in [-0.2, 0) is 14.6 Å². The number of hydrogen-bond acceptors (Lipinski definition) is 6. The summed E-state index contributed by atoms with van der Waals surface area (Å²) >= 11 is 0. The minimum atomic E-state index is -3.28. The third-order valence-electron chi connectivity index (χ3n) is 4.92. The molecule has 3 rings (SSSR count). The number of nitrogens with zero attached hydrogens (tertiary/aromatic N) is 2. The average Bonchev–Trinajstić information content (AvgIpc) is 2.69. The van der Waals surface area contributed by atoms with Crippen LogP contribution < -0.4 is 15.6 Å². The summed E-state index contributed by atoms with van der Waals surface area (Å²) in [6, 6.07) is 9.31. The number of carbonyl (C=O) groups excluding carboxylic acids is 1. The molecular weight excluding hydrogens is 394 g/mol. The van der Waals surface area contributed by atoms with Crippen molar-refractivity contribution in [2.75, 3.05) is 32.9 Å². The highest BCUT2D eigenvalue weighted by molar-refractivity contribution is 7.90. The summed E-state index contributed by atoms with van der Waals surface area (Å²) in [6.45, 7) is 1.92. The van der Waals surface area contributed by atoms with Gasteiger partial charge in [0.05, 0.1) is 11.4 Å². The van der Waals surface area contributed by atoms with Crippen LogP contribution in [0.4, 0.5) is 0 Å². The fourth-order valence-electron chi connectivity index (χ4n) is 3.26. The van der Waals surface area contributed by atoms with Gasteiger partial charge >= 0.3 is 0 Å². The third kappa shape index (κ3) is 5.45. The van der Waals surface area contributed by atoms with Crippen molar-refractivity contribution in [2.24, 2.45) is 0 Å². The lowest BCUT2D eigenvalue weighted by Gasteiger charge is -2.31. The van der Waals surface area contributed by atoms with Crippen LogP contribution in [0.15, 0.2) is 52.3 Å². The summed E-state index contributed by atoms with van der Waals surface area (Å²) in [5.41, 5.74) is 0.322. The van der Waals surface area contributed by atoms with Gasteiger partial charge in [0.15, 0.2) is 9.84 Å². The minimum absolute atomic E-state index is 0.000215. The molecule has 1 fully saturated rings. The Balaban J connectivity index is 1.63. The van der Waals surface area contributed by atoms with Crippen LogP contribution >= 0.6 is 0 Å². The maximum Gasteiger partial charge on any atom is 0.258 e. The summed E-state index contributed by atoms with van der Waals surface area (Å²) in [4.78, 5) is 26.2. The van der Waals surface area contributed by atoms with E-state index >= 15 is 0 Å². The topological polar surface area (TPSA) is 97.7 Å². The first-order valence-electron chi connectivity index (χ1n) is 9.39. The fourth-order valence-corrected chi connectivity index (χ4v) is 3.89. The smallest absolute Gasteiger partial charge is 0.258 e. The van der Waals surface area contributed by atoms with E-state index in [1.165, 1.54) is 22.8 Å². The molecule has 2 heterocycles. The van der Waals surface area contributed by atoms with E-state index < -0.39 is 9.84 Å². The van der Waals surface area contributed by atoms with Gasteiger partial charge in [-0.25, -0.2) is 8.42 Å². The van der Waals surface area contributed by atoms with Gasteiger partial charge in [-0.1, -0.05) is 0 Å². The SMILES string of the molecule is CNC(=O)CN1CCC(Oc2ccn(-c3ccc(S(C)(=O)=O)cc3)c(=O)c2)CC1. The number of carbonyl (C=O) groups is 1. The Morgan fingerprint density at radius 1 is 1.17 bits per heavy atom. The van der Waals surface area contributed by atoms with Crippen molar-refractivity contribution in [1.29, 1.82) is 0 Å². The van der Waals surface area contributed by atoms with E-state index in [9.17, 15) is 18.0 Å². The lowest BCUT2D eigenvalue weighted by Crippen LogP contribution is -2.43. The number of likely N-dealkylation sites (tertiary alicyclic amines) is 1. The maximum absolute atomic E-state index is 12.5. The number of aromatic nitrogens is 1. The fraction of sp³-hybridized carbons (Fsp3) is 0.400. The highest BCUT2D eigenvalue weighted by Gasteiger charge is 2.22. The van der Waals surface area contributed by atoms with Crippen LogP contribution in [-0.4, -0.2) is 62.8 Å². The Kier molecular flexibility index (Phi) is 6.39. The van der Waals surface area contributed by atoms with Crippen molar-refractivity contribution in [1.82, 2.24) is 14.8 Å². The Labute approximate surface area is 170 Å². The second kappa shape index (κ2) is 8.79. The average molecular weight is 420 g/mol. The maximum atomic E-state index is 12.5. The zero-order valence-electron chi connectivity index (χ0n) is 16.5. The van der Waals surface area contributed by atoms with Gasteiger partial charge in [0.1, 0.15) is 11.9 Å². The number of rotatable bonds is 6. The summed E-state index contributed by atoms with van der Waals surface area (Å²) < 4.78 is 30.5. The molecule has 0 unspecified atom stereocenters. The number of benzene rings is 1. The molecule has 1 aliphatic heterocycles. The van der Waals surface area contributed by atoms with Gasteiger partial charge < -0.3 is 10.1 Å². The largest absolute Gasteiger partial charge is 0.490 e. The van der Waals surface area contributed by atoms with Gasteiger partial charge in [0, 0.05) is 44.3 Å². The predicted octanol–water partition coefficient (Wildman–Crippen LogP) is 0.830. The zero-order valence-corrected chi connectivity index (χ0v) is 17.3. The first-order chi connectivity index (χ1) is 13.8. The molecule has 1 N–H and O–H groups in total. The Bertz CT molecular complexity index is 1020. The van der Waals surface area contributed by atoms with Gasteiger partial charge in [0.25, 0.3) is 5.56 Å². The van der Waals surface area contributed by atoms with Gasteiger partial charge in [-0.2, -0.15) is 0 Å². The summed E-state index contributed by atoms with van der Waals surface area (Å²) in [5.74, 6) is 0.501. The molecule has 156 valence electrons. The second-order valence-electron chi connectivity index (χ2n) is 7.10. The number of pyridine rings is 1. The predicted molar refractivity (Wildman–Crippen MR) is 109 cm³/mol. The van der Waals surface area contributed by atoms with E-state index in [-0.39, 0.29) is 22.5 Å². The highest BCUT2D eigenvalue weighted by Crippen LogP contribution is 2.19. The molecule has 1 aromatic heterocycles. The van der Waals surface area contributed by atoms with Gasteiger partial charge in [0.2, 0.25) is 5.91 Å². The Hall–Kier alpha value is -2.65. The van der Waals surface area contributed by atoms with Crippen LogP contribution in [0.3, 0.4) is 0 Å². The highest BCUT2D eigenvalue weighted by atomic mass is 32.2. The molecule has 0 spiro atoms. The molecular formula is C20H25N3O5S. The minimum Gasteiger partial charge on any atom is -0.490 e. The van der Waals surface area contributed by atoms with Crippen LogP contribution in [0.1, 0.15) is 12.8 Å². The molecule has 1 amide bonds. The van der Waals surface area contributed by atoms with Crippen molar-refractivity contribution in [2.45, 2.75) is 23.8 Å². The second-order valence-corrected chi connectivity index (χ2v) is 9.12. The summed E-state index contributed by atoms with van der Waals surface area (Å²) in [5, 5.41) is 2.62. The molecule has 0 bridgehead atoms. The monoisotopic (exact) mass is 419 g/mol. The van der Waals surface area contributed by atoms with Gasteiger partial charge in [-0.3, -0.25) is 19.1 Å². The first kappa shape index (κ1) is 21.1. The lowest BCUT2D eigenvalue weighted by molar-refractivity contribution is -0.122. The van der Waals surface area contributed by atoms with Crippen molar-refractivity contribution < 1.29 is 17.9 Å². The van der Waals surface area contributed by atoms with Crippen molar-refractivity contribution in [3.05, 3.63) is 52.9 Å². The van der Waals surface area contributed by atoms with Crippen molar-refractivity contribution in [3.8, 4) is 11.4 Å². The molecule has 2 aromatic rings. The molecule has 0 atom stereocenters. The lowest BCUT2D eigenvalue weighted by atomic mass is 10.1. The van der Waals surface area contributed by atoms with Crippen molar-refractivity contribution >= 4 is 15.7 Å². The van der Waals surface area contributed by atoms with Crippen LogP contribution in [0, 0.1) is 0 Å². The Morgan fingerprint density at radius 2 is 1.83 bits per heavy atom. The van der Waals surface area contributed by atoms with Gasteiger partial charge in [-0.15, -0.1) is 0 Å². The molecule has 8 nitrogen and oxygen atoms in total. The Morgan fingerprint density at radius 3 is 2.38 bits per heavy atom. The van der Waals surface area contributed by atoms with E-state index in [0.717, 1.165) is 32.2 Å². The van der Waals surface area contributed by atoms with E-state index in [2.05, 4.69) is 10.2 Å². The molecule has 0 aliphatic carbocycles. The number of sulfone groups is 1. The molecule has 1 aliphatic rings. The first-order valence-corrected chi connectivity index (χ1v) is 11.3. The number of likely N-dealkylation sites (N-methyl/N-ethyl adjacent to an activating group) is 1. The molecule has 29 heavy (non-hydrogen) atoms. The quantitative estimate of drug-likeness (QED) is 0.745. The van der Waals surface area contributed by atoms with Crippen LogP contribution in [0.25, 0.3) is 5.69 Å². The molecule has 9 heteroatoms. The van der Waals surface area contributed by atoms with Crippen LogP contribution in [0.2, 0.25) is 0 Å². The van der Waals surface area contributed by atoms with Crippen molar-refractivity contribution in [3.63, 3.8) is 0 Å². The number of piperidine rings is 1. The summed E-state index contributed by atoms with van der Waals surface area (Å²) in [7, 11) is -1.65. The number of ether oxygens (including phenoxy) is 1. The third-order valence-corrected chi connectivity index (χ3v) is 6.05. The zero-order chi connectivity index (χ0) is 21.0. The van der Waals surface area contributed by atoms with E-state index in [0.29, 0.717) is 18.0 Å².